The summed E-state index contributed by atoms with van der Waals surface area (Å²) < 4.78 is 51.2. The maximum Gasteiger partial charge on any atom is 0.573 e. The van der Waals surface area contributed by atoms with Gasteiger partial charge in [-0.15, -0.1) is 13.2 Å². The third kappa shape index (κ3) is 2.32. The first-order valence-corrected chi connectivity index (χ1v) is 3.24. The average molecular weight is 206 g/mol. The molecule has 0 aliphatic rings. The van der Waals surface area contributed by atoms with Crippen molar-refractivity contribution >= 4 is 0 Å². The fourth-order valence-corrected chi connectivity index (χ4v) is 0.731. The van der Waals surface area contributed by atoms with Gasteiger partial charge in [0.05, 0.1) is 0 Å². The highest BCUT2D eigenvalue weighted by Crippen LogP contribution is 2.26. The predicted molar refractivity (Wildman–Crippen MR) is 35.6 cm³/mol. The maximum atomic E-state index is 12.6. The van der Waals surface area contributed by atoms with Gasteiger partial charge >= 0.3 is 6.36 Å². The minimum atomic E-state index is -4.96. The zero-order valence-corrected chi connectivity index (χ0v) is 6.47. The second-order valence-electron chi connectivity index (χ2n) is 2.13. The zero-order valence-electron chi connectivity index (χ0n) is 6.47. The van der Waals surface area contributed by atoms with Crippen molar-refractivity contribution in [3.63, 3.8) is 0 Å². The summed E-state index contributed by atoms with van der Waals surface area (Å²) >= 11 is 0. The third-order valence-electron chi connectivity index (χ3n) is 1.20. The summed E-state index contributed by atoms with van der Waals surface area (Å²) in [5.41, 5.74) is -0.871. The molecular formula is C7H2F4N2O. The molecule has 74 valence electrons. The fraction of sp³-hybridized carbons (Fsp3) is 0.143. The van der Waals surface area contributed by atoms with E-state index in [0.717, 1.165) is 12.3 Å². The predicted octanol–water partition coefficient (Wildman–Crippen LogP) is 1.99. The zero-order chi connectivity index (χ0) is 10.8. The molecule has 0 aliphatic carbocycles. The van der Waals surface area contributed by atoms with E-state index in [1.807, 2.05) is 0 Å². The summed E-state index contributed by atoms with van der Waals surface area (Å²) in [6, 6.07) is 1.98. The van der Waals surface area contributed by atoms with E-state index in [4.69, 9.17) is 5.26 Å². The molecule has 1 heterocycles. The van der Waals surface area contributed by atoms with Crippen LogP contribution in [0.3, 0.4) is 0 Å². The lowest BCUT2D eigenvalue weighted by atomic mass is 10.3. The summed E-state index contributed by atoms with van der Waals surface area (Å²) in [5, 5.41) is 8.32. The molecule has 0 radical (unpaired) electrons. The van der Waals surface area contributed by atoms with Crippen LogP contribution in [0.15, 0.2) is 12.3 Å². The maximum absolute atomic E-state index is 12.6. The van der Waals surface area contributed by atoms with Crippen LogP contribution >= 0.6 is 0 Å². The Morgan fingerprint density at radius 1 is 1.43 bits per heavy atom. The number of alkyl halides is 3. The number of hydrogen-bond donors (Lipinski definition) is 0. The molecule has 0 fully saturated rings. The van der Waals surface area contributed by atoms with E-state index in [1.54, 1.807) is 0 Å². The number of nitriles is 1. The fourth-order valence-electron chi connectivity index (χ4n) is 0.731. The van der Waals surface area contributed by atoms with Crippen LogP contribution in [0, 0.1) is 17.3 Å². The quantitative estimate of drug-likeness (QED) is 0.521. The van der Waals surface area contributed by atoms with Crippen LogP contribution in [0.5, 0.6) is 5.75 Å². The van der Waals surface area contributed by atoms with Gasteiger partial charge in [0.25, 0.3) is 0 Å². The molecule has 0 amide bonds. The van der Waals surface area contributed by atoms with Crippen LogP contribution in [0.1, 0.15) is 5.56 Å². The number of pyridine rings is 1. The summed E-state index contributed by atoms with van der Waals surface area (Å²) in [7, 11) is 0. The molecule has 0 atom stereocenters. The average Bonchev–Trinajstić information content (AvgIpc) is 2.01. The van der Waals surface area contributed by atoms with Crippen molar-refractivity contribution in [2.45, 2.75) is 6.36 Å². The lowest BCUT2D eigenvalue weighted by molar-refractivity contribution is -0.274. The molecule has 0 saturated carbocycles. The van der Waals surface area contributed by atoms with Crippen molar-refractivity contribution in [3.05, 3.63) is 23.8 Å². The Labute approximate surface area is 75.5 Å². The minimum absolute atomic E-state index is 0.759. The monoisotopic (exact) mass is 206 g/mol. The Morgan fingerprint density at radius 2 is 2.07 bits per heavy atom. The van der Waals surface area contributed by atoms with E-state index in [1.165, 1.54) is 6.07 Å². The van der Waals surface area contributed by atoms with Crippen molar-refractivity contribution in [1.29, 1.82) is 5.26 Å². The van der Waals surface area contributed by atoms with Gasteiger partial charge in [-0.1, -0.05) is 0 Å². The molecule has 3 nitrogen and oxygen atoms in total. The van der Waals surface area contributed by atoms with Crippen molar-refractivity contribution in [2.24, 2.45) is 0 Å². The van der Waals surface area contributed by atoms with E-state index >= 15 is 0 Å². The molecule has 0 saturated heterocycles. The van der Waals surface area contributed by atoms with E-state index in [-0.39, 0.29) is 0 Å². The van der Waals surface area contributed by atoms with E-state index in [9.17, 15) is 17.6 Å². The summed E-state index contributed by atoms with van der Waals surface area (Å²) in [5.74, 6) is -2.19. The van der Waals surface area contributed by atoms with Gasteiger partial charge in [0.2, 0.25) is 5.95 Å². The number of halogens is 4. The van der Waals surface area contributed by atoms with Crippen LogP contribution < -0.4 is 4.74 Å². The molecule has 0 spiro atoms. The van der Waals surface area contributed by atoms with Crippen LogP contribution in [-0.4, -0.2) is 11.3 Å². The molecule has 0 unspecified atom stereocenters. The smallest absolute Gasteiger partial charge is 0.404 e. The molecule has 1 aromatic rings. The molecular weight excluding hydrogens is 204 g/mol. The van der Waals surface area contributed by atoms with Gasteiger partial charge in [0, 0.05) is 12.3 Å². The number of hydrogen-bond acceptors (Lipinski definition) is 3. The van der Waals surface area contributed by atoms with Crippen LogP contribution in [0.4, 0.5) is 17.6 Å². The molecule has 1 rings (SSSR count). The summed E-state index contributed by atoms with van der Waals surface area (Å²) in [6.45, 7) is 0. The van der Waals surface area contributed by atoms with Crippen LogP contribution in [-0.2, 0) is 0 Å². The lowest BCUT2D eigenvalue weighted by Crippen LogP contribution is -2.18. The van der Waals surface area contributed by atoms with E-state index in [0.29, 0.717) is 0 Å². The van der Waals surface area contributed by atoms with Gasteiger partial charge in [-0.3, -0.25) is 0 Å². The topological polar surface area (TPSA) is 45.9 Å². The van der Waals surface area contributed by atoms with Gasteiger partial charge in [-0.25, -0.2) is 4.98 Å². The van der Waals surface area contributed by atoms with Gasteiger partial charge in [0.15, 0.2) is 5.75 Å². The summed E-state index contributed by atoms with van der Waals surface area (Å²) in [6.07, 6.45) is -4.18. The van der Waals surface area contributed by atoms with Gasteiger partial charge in [-0.05, 0) is 0 Å². The normalized spacial score (nSPS) is 10.8. The molecule has 1 aromatic heterocycles. The number of nitrogens with zero attached hydrogens (tertiary/aromatic N) is 2. The number of aromatic nitrogens is 1. The molecule has 14 heavy (non-hydrogen) atoms. The minimum Gasteiger partial charge on any atom is -0.404 e. The molecule has 0 aliphatic heterocycles. The SMILES string of the molecule is N#Cc1c(OC(F)(F)F)ccnc1F. The lowest BCUT2D eigenvalue weighted by Gasteiger charge is -2.09. The first-order chi connectivity index (χ1) is 6.44. The standard InChI is InChI=1S/C7H2F4N2O/c8-6-4(3-12)5(1-2-13-6)14-7(9,10)11/h1-2H. The third-order valence-corrected chi connectivity index (χ3v) is 1.20. The molecule has 0 aromatic carbocycles. The second kappa shape index (κ2) is 3.49. The van der Waals surface area contributed by atoms with Crippen LogP contribution in [0.2, 0.25) is 0 Å². The number of ether oxygens (including phenoxy) is 1. The highest BCUT2D eigenvalue weighted by atomic mass is 19.4. The Hall–Kier alpha value is -1.84. The van der Waals surface area contributed by atoms with Crippen molar-refractivity contribution in [2.75, 3.05) is 0 Å². The molecule has 7 heteroatoms. The van der Waals surface area contributed by atoms with E-state index < -0.39 is 23.6 Å². The largest absolute Gasteiger partial charge is 0.573 e. The second-order valence-corrected chi connectivity index (χ2v) is 2.13. The van der Waals surface area contributed by atoms with Gasteiger partial charge in [-0.2, -0.15) is 9.65 Å². The highest BCUT2D eigenvalue weighted by Gasteiger charge is 2.32. The van der Waals surface area contributed by atoms with E-state index in [2.05, 4.69) is 9.72 Å². The van der Waals surface area contributed by atoms with Gasteiger partial charge in [0.1, 0.15) is 11.6 Å². The Bertz CT molecular complexity index is 382. The van der Waals surface area contributed by atoms with Crippen molar-refractivity contribution in [3.8, 4) is 11.8 Å². The molecule has 0 bridgehead atoms. The number of rotatable bonds is 1. The van der Waals surface area contributed by atoms with Gasteiger partial charge < -0.3 is 4.74 Å². The van der Waals surface area contributed by atoms with Crippen LogP contribution in [0.25, 0.3) is 0 Å². The summed E-state index contributed by atoms with van der Waals surface area (Å²) in [4.78, 5) is 3.00. The van der Waals surface area contributed by atoms with Crippen molar-refractivity contribution in [1.82, 2.24) is 4.98 Å². The first kappa shape index (κ1) is 10.2. The Kier molecular flexibility index (Phi) is 2.56. The first-order valence-electron chi connectivity index (χ1n) is 3.24. The highest BCUT2D eigenvalue weighted by molar-refractivity contribution is 5.41. The Morgan fingerprint density at radius 3 is 2.57 bits per heavy atom. The Balaban J connectivity index is 3.10. The molecule has 0 N–H and O–H groups in total. The van der Waals surface area contributed by atoms with Crippen molar-refractivity contribution < 1.29 is 22.3 Å².